The third kappa shape index (κ3) is 2.74. The number of oxime groups is 1. The van der Waals surface area contributed by atoms with E-state index in [1.807, 2.05) is 0 Å². The van der Waals surface area contributed by atoms with Gasteiger partial charge in [-0.05, 0) is 13.0 Å². The van der Waals surface area contributed by atoms with Gasteiger partial charge in [-0.1, -0.05) is 21.9 Å². The third-order valence-electron chi connectivity index (χ3n) is 2.43. The number of hydrogen-bond acceptors (Lipinski definition) is 5. The number of nitrogens with zero attached hydrogens (tertiary/aromatic N) is 3. The van der Waals surface area contributed by atoms with Crippen molar-refractivity contribution in [1.82, 2.24) is 10.1 Å². The molecular formula is C11H7ClF3N3O2. The van der Waals surface area contributed by atoms with E-state index in [0.717, 1.165) is 6.07 Å². The van der Waals surface area contributed by atoms with Gasteiger partial charge in [0.1, 0.15) is 17.1 Å². The van der Waals surface area contributed by atoms with Crippen LogP contribution >= 0.6 is 11.6 Å². The first-order valence-electron chi connectivity index (χ1n) is 5.22. The minimum atomic E-state index is -4.52. The van der Waals surface area contributed by atoms with Crippen LogP contribution in [0.3, 0.4) is 0 Å². The summed E-state index contributed by atoms with van der Waals surface area (Å²) >= 11 is 5.77. The second-order valence-corrected chi connectivity index (χ2v) is 4.22. The van der Waals surface area contributed by atoms with E-state index in [-0.39, 0.29) is 27.9 Å². The summed E-state index contributed by atoms with van der Waals surface area (Å²) in [4.78, 5) is 3.64. The molecule has 0 aromatic carbocycles. The largest absolute Gasteiger partial charge is 0.417 e. The summed E-state index contributed by atoms with van der Waals surface area (Å²) in [5, 5.41) is 14.9. The summed E-state index contributed by atoms with van der Waals surface area (Å²) in [6.07, 6.45) is -3.87. The van der Waals surface area contributed by atoms with E-state index >= 15 is 0 Å². The lowest BCUT2D eigenvalue weighted by Crippen LogP contribution is -2.05. The highest BCUT2D eigenvalue weighted by Crippen LogP contribution is 2.33. The zero-order chi connectivity index (χ0) is 14.9. The zero-order valence-corrected chi connectivity index (χ0v) is 10.7. The maximum Gasteiger partial charge on any atom is 0.417 e. The monoisotopic (exact) mass is 305 g/mol. The Labute approximate surface area is 115 Å². The van der Waals surface area contributed by atoms with Crippen LogP contribution in [0, 0.1) is 0 Å². The van der Waals surface area contributed by atoms with Crippen molar-refractivity contribution >= 4 is 17.3 Å². The minimum Gasteiger partial charge on any atom is -0.411 e. The first-order valence-corrected chi connectivity index (χ1v) is 5.59. The molecule has 0 unspecified atom stereocenters. The molecule has 0 fully saturated rings. The lowest BCUT2D eigenvalue weighted by Gasteiger charge is -2.07. The van der Waals surface area contributed by atoms with Gasteiger partial charge in [0.15, 0.2) is 5.76 Å². The molecule has 0 aliphatic carbocycles. The van der Waals surface area contributed by atoms with Crippen LogP contribution in [-0.2, 0) is 6.18 Å². The highest BCUT2D eigenvalue weighted by atomic mass is 35.5. The molecule has 2 aromatic rings. The van der Waals surface area contributed by atoms with Crippen LogP contribution in [0.15, 0.2) is 28.0 Å². The van der Waals surface area contributed by atoms with Crippen molar-refractivity contribution in [3.8, 4) is 11.4 Å². The number of pyridine rings is 1. The van der Waals surface area contributed by atoms with Gasteiger partial charge in [0.2, 0.25) is 0 Å². The summed E-state index contributed by atoms with van der Waals surface area (Å²) in [6, 6.07) is 2.11. The average Bonchev–Trinajstić information content (AvgIpc) is 2.86. The van der Waals surface area contributed by atoms with Gasteiger partial charge in [0, 0.05) is 12.3 Å². The number of halogens is 4. The molecule has 0 aliphatic heterocycles. The van der Waals surface area contributed by atoms with Gasteiger partial charge in [-0.3, -0.25) is 4.98 Å². The van der Waals surface area contributed by atoms with Gasteiger partial charge in [-0.25, -0.2) is 0 Å². The molecule has 2 heterocycles. The van der Waals surface area contributed by atoms with E-state index in [4.69, 9.17) is 21.3 Å². The SMILES string of the molecule is C/C(=N\O)c1cc(-c2ncc(C(F)(F)F)cc2Cl)no1. The van der Waals surface area contributed by atoms with E-state index in [1.54, 1.807) is 0 Å². The lowest BCUT2D eigenvalue weighted by molar-refractivity contribution is -0.137. The summed E-state index contributed by atoms with van der Waals surface area (Å²) < 4.78 is 42.3. The highest BCUT2D eigenvalue weighted by molar-refractivity contribution is 6.33. The van der Waals surface area contributed by atoms with Crippen LogP contribution in [0.25, 0.3) is 11.4 Å². The van der Waals surface area contributed by atoms with E-state index in [2.05, 4.69) is 15.3 Å². The smallest absolute Gasteiger partial charge is 0.411 e. The van der Waals surface area contributed by atoms with E-state index in [0.29, 0.717) is 6.20 Å². The van der Waals surface area contributed by atoms with Gasteiger partial charge in [0.25, 0.3) is 0 Å². The Morgan fingerprint density at radius 3 is 2.65 bits per heavy atom. The fraction of sp³-hybridized carbons (Fsp3) is 0.182. The van der Waals surface area contributed by atoms with E-state index < -0.39 is 11.7 Å². The predicted octanol–water partition coefficient (Wildman–Crippen LogP) is 3.61. The molecule has 0 amide bonds. The second kappa shape index (κ2) is 5.12. The quantitative estimate of drug-likeness (QED) is 0.522. The molecule has 2 aromatic heterocycles. The maximum absolute atomic E-state index is 12.5. The first-order chi connectivity index (χ1) is 9.32. The highest BCUT2D eigenvalue weighted by Gasteiger charge is 2.32. The van der Waals surface area contributed by atoms with Gasteiger partial charge >= 0.3 is 6.18 Å². The Balaban J connectivity index is 2.41. The maximum atomic E-state index is 12.5. The Morgan fingerprint density at radius 1 is 1.40 bits per heavy atom. The number of alkyl halides is 3. The molecule has 1 N–H and O–H groups in total. The Morgan fingerprint density at radius 2 is 2.10 bits per heavy atom. The van der Waals surface area contributed by atoms with Crippen LogP contribution in [0.1, 0.15) is 18.2 Å². The van der Waals surface area contributed by atoms with Crippen LogP contribution < -0.4 is 0 Å². The summed E-state index contributed by atoms with van der Waals surface area (Å²) in [5.41, 5.74) is -0.614. The standard InChI is InChI=1S/C11H7ClF3N3O2/c1-5(17-19)9-3-8(18-20-9)10-7(12)2-6(4-16-10)11(13,14)15/h2-4,19H,1H3/b17-5+. The number of rotatable bonds is 2. The van der Waals surface area contributed by atoms with Crippen molar-refractivity contribution in [2.24, 2.45) is 5.16 Å². The summed E-state index contributed by atoms with van der Waals surface area (Å²) in [6.45, 7) is 1.46. The molecule has 0 aliphatic rings. The van der Waals surface area contributed by atoms with Crippen molar-refractivity contribution in [1.29, 1.82) is 0 Å². The molecule has 0 spiro atoms. The number of aromatic nitrogens is 2. The molecular weight excluding hydrogens is 299 g/mol. The molecule has 0 bridgehead atoms. The molecule has 9 heteroatoms. The van der Waals surface area contributed by atoms with Crippen molar-refractivity contribution in [3.05, 3.63) is 34.7 Å². The normalized spacial score (nSPS) is 12.8. The topological polar surface area (TPSA) is 71.5 Å². The molecule has 2 rings (SSSR count). The Hall–Kier alpha value is -2.09. The minimum absolute atomic E-state index is 0.0420. The summed E-state index contributed by atoms with van der Waals surface area (Å²) in [5.74, 6) is 0.153. The molecule has 0 radical (unpaired) electrons. The van der Waals surface area contributed by atoms with Gasteiger partial charge in [-0.2, -0.15) is 13.2 Å². The van der Waals surface area contributed by atoms with E-state index in [9.17, 15) is 13.2 Å². The molecule has 20 heavy (non-hydrogen) atoms. The molecule has 0 atom stereocenters. The summed E-state index contributed by atoms with van der Waals surface area (Å²) in [7, 11) is 0. The van der Waals surface area contributed by atoms with Crippen molar-refractivity contribution in [2.45, 2.75) is 13.1 Å². The van der Waals surface area contributed by atoms with Crippen LogP contribution in [-0.4, -0.2) is 21.1 Å². The van der Waals surface area contributed by atoms with Crippen molar-refractivity contribution < 1.29 is 22.9 Å². The van der Waals surface area contributed by atoms with Gasteiger partial charge in [0.05, 0.1) is 10.6 Å². The molecule has 0 saturated heterocycles. The molecule has 106 valence electrons. The zero-order valence-electron chi connectivity index (χ0n) is 9.94. The van der Waals surface area contributed by atoms with Crippen molar-refractivity contribution in [2.75, 3.05) is 0 Å². The van der Waals surface area contributed by atoms with Gasteiger partial charge < -0.3 is 9.73 Å². The third-order valence-corrected chi connectivity index (χ3v) is 2.72. The Kier molecular flexibility index (Phi) is 3.67. The van der Waals surface area contributed by atoms with Crippen molar-refractivity contribution in [3.63, 3.8) is 0 Å². The first kappa shape index (κ1) is 14.3. The average molecular weight is 306 g/mol. The van der Waals surface area contributed by atoms with E-state index in [1.165, 1.54) is 13.0 Å². The van der Waals surface area contributed by atoms with Crippen LogP contribution in [0.4, 0.5) is 13.2 Å². The fourth-order valence-corrected chi connectivity index (χ4v) is 1.65. The Bertz CT molecular complexity index is 667. The van der Waals surface area contributed by atoms with Crippen LogP contribution in [0.5, 0.6) is 0 Å². The molecule has 5 nitrogen and oxygen atoms in total. The molecule has 0 saturated carbocycles. The van der Waals surface area contributed by atoms with Crippen LogP contribution in [0.2, 0.25) is 5.02 Å². The predicted molar refractivity (Wildman–Crippen MR) is 63.7 cm³/mol. The lowest BCUT2D eigenvalue weighted by atomic mass is 10.2. The second-order valence-electron chi connectivity index (χ2n) is 3.81. The van der Waals surface area contributed by atoms with Gasteiger partial charge in [-0.15, -0.1) is 0 Å². The fourth-order valence-electron chi connectivity index (χ4n) is 1.39. The number of hydrogen-bond donors (Lipinski definition) is 1.